The Labute approximate surface area is 99.8 Å². The molecule has 0 saturated carbocycles. The van der Waals surface area contributed by atoms with E-state index in [1.807, 2.05) is 13.0 Å². The molecule has 1 rings (SSSR count). The van der Waals surface area contributed by atoms with Gasteiger partial charge in [-0.2, -0.15) is 0 Å². The number of carbonyl (C=O) groups is 2. The number of alkyl halides is 1. The summed E-state index contributed by atoms with van der Waals surface area (Å²) in [4.78, 5) is 22.9. The lowest BCUT2D eigenvalue weighted by molar-refractivity contribution is -0.117. The fraction of sp³-hybridized carbons (Fsp3) is 0.333. The first-order valence-electron chi connectivity index (χ1n) is 5.15. The standard InChI is InChI=1S/C12H14ClNO2/c1-2-10(13)11(15)8-14-12(16)9-6-4-3-5-7-9/h3-7,10H,2,8H2,1H3,(H,14,16). The van der Waals surface area contributed by atoms with E-state index < -0.39 is 5.38 Å². The zero-order chi connectivity index (χ0) is 12.0. The fourth-order valence-corrected chi connectivity index (χ4v) is 1.27. The lowest BCUT2D eigenvalue weighted by Crippen LogP contribution is -2.33. The summed E-state index contributed by atoms with van der Waals surface area (Å²) in [6.07, 6.45) is 0.571. The summed E-state index contributed by atoms with van der Waals surface area (Å²) >= 11 is 5.74. The van der Waals surface area contributed by atoms with Gasteiger partial charge in [0.2, 0.25) is 0 Å². The van der Waals surface area contributed by atoms with Crippen LogP contribution in [-0.4, -0.2) is 23.6 Å². The van der Waals surface area contributed by atoms with Gasteiger partial charge < -0.3 is 5.32 Å². The average Bonchev–Trinajstić information content (AvgIpc) is 2.35. The summed E-state index contributed by atoms with van der Waals surface area (Å²) in [5, 5.41) is 2.02. The second-order valence-electron chi connectivity index (χ2n) is 3.39. The van der Waals surface area contributed by atoms with Crippen LogP contribution in [0, 0.1) is 0 Å². The van der Waals surface area contributed by atoms with Gasteiger partial charge in [0.25, 0.3) is 5.91 Å². The second kappa shape index (κ2) is 6.28. The van der Waals surface area contributed by atoms with E-state index in [0.29, 0.717) is 12.0 Å². The van der Waals surface area contributed by atoms with Crippen LogP contribution < -0.4 is 5.32 Å². The molecule has 0 aliphatic heterocycles. The molecule has 0 aliphatic rings. The maximum atomic E-state index is 11.6. The normalized spacial score (nSPS) is 11.9. The van der Waals surface area contributed by atoms with Crippen LogP contribution in [0.3, 0.4) is 0 Å². The average molecular weight is 240 g/mol. The minimum Gasteiger partial charge on any atom is -0.345 e. The van der Waals surface area contributed by atoms with Gasteiger partial charge in [0.1, 0.15) is 0 Å². The first kappa shape index (κ1) is 12.7. The van der Waals surface area contributed by atoms with E-state index in [1.54, 1.807) is 24.3 Å². The van der Waals surface area contributed by atoms with E-state index in [9.17, 15) is 9.59 Å². The molecule has 3 nitrogen and oxygen atoms in total. The number of hydrogen-bond acceptors (Lipinski definition) is 2. The van der Waals surface area contributed by atoms with Gasteiger partial charge in [-0.3, -0.25) is 9.59 Å². The highest BCUT2D eigenvalue weighted by atomic mass is 35.5. The molecule has 0 aromatic heterocycles. The van der Waals surface area contributed by atoms with Gasteiger partial charge in [-0.15, -0.1) is 11.6 Å². The number of benzene rings is 1. The van der Waals surface area contributed by atoms with Gasteiger partial charge in [0.15, 0.2) is 5.78 Å². The topological polar surface area (TPSA) is 46.2 Å². The number of ketones is 1. The lowest BCUT2D eigenvalue weighted by atomic mass is 10.2. The molecule has 0 spiro atoms. The summed E-state index contributed by atoms with van der Waals surface area (Å²) in [6, 6.07) is 8.75. The molecule has 0 radical (unpaired) electrons. The molecule has 0 bridgehead atoms. The zero-order valence-electron chi connectivity index (χ0n) is 9.07. The van der Waals surface area contributed by atoms with Gasteiger partial charge >= 0.3 is 0 Å². The van der Waals surface area contributed by atoms with Crippen molar-refractivity contribution in [3.05, 3.63) is 35.9 Å². The van der Waals surface area contributed by atoms with Gasteiger partial charge in [-0.25, -0.2) is 0 Å². The first-order valence-corrected chi connectivity index (χ1v) is 5.58. The van der Waals surface area contributed by atoms with Crippen molar-refractivity contribution < 1.29 is 9.59 Å². The number of carbonyl (C=O) groups excluding carboxylic acids is 2. The summed E-state index contributed by atoms with van der Waals surface area (Å²) in [6.45, 7) is 1.81. The number of amides is 1. The summed E-state index contributed by atoms with van der Waals surface area (Å²) in [5.74, 6) is -0.414. The maximum Gasteiger partial charge on any atom is 0.251 e. The molecule has 4 heteroatoms. The molecule has 1 aromatic rings. The largest absolute Gasteiger partial charge is 0.345 e. The quantitative estimate of drug-likeness (QED) is 0.799. The molecule has 1 unspecified atom stereocenters. The minimum atomic E-state index is -0.518. The number of nitrogens with one attached hydrogen (secondary N) is 1. The Hall–Kier alpha value is -1.35. The van der Waals surface area contributed by atoms with Crippen molar-refractivity contribution in [2.45, 2.75) is 18.7 Å². The van der Waals surface area contributed by atoms with E-state index in [2.05, 4.69) is 5.32 Å². The lowest BCUT2D eigenvalue weighted by Gasteiger charge is -2.07. The summed E-state index contributed by atoms with van der Waals surface area (Å²) in [5.41, 5.74) is 0.540. The minimum absolute atomic E-state index is 0.0181. The molecular weight excluding hydrogens is 226 g/mol. The van der Waals surface area contributed by atoms with Gasteiger partial charge in [-0.1, -0.05) is 25.1 Å². The monoisotopic (exact) mass is 239 g/mol. The van der Waals surface area contributed by atoms with E-state index in [1.165, 1.54) is 0 Å². The molecule has 0 heterocycles. The van der Waals surface area contributed by atoms with Crippen LogP contribution in [0.5, 0.6) is 0 Å². The van der Waals surface area contributed by atoms with Gasteiger partial charge in [-0.05, 0) is 18.6 Å². The third kappa shape index (κ3) is 3.66. The van der Waals surface area contributed by atoms with Crippen LogP contribution >= 0.6 is 11.6 Å². The van der Waals surface area contributed by atoms with Gasteiger partial charge in [0.05, 0.1) is 11.9 Å². The highest BCUT2D eigenvalue weighted by molar-refractivity contribution is 6.31. The van der Waals surface area contributed by atoms with Crippen molar-refractivity contribution in [3.63, 3.8) is 0 Å². The SMILES string of the molecule is CCC(Cl)C(=O)CNC(=O)c1ccccc1. The third-order valence-electron chi connectivity index (χ3n) is 2.17. The van der Waals surface area contributed by atoms with E-state index in [0.717, 1.165) is 0 Å². The van der Waals surface area contributed by atoms with Crippen LogP contribution in [0.2, 0.25) is 0 Å². The van der Waals surface area contributed by atoms with Gasteiger partial charge in [0, 0.05) is 5.56 Å². The Balaban J connectivity index is 2.45. The molecular formula is C12H14ClNO2. The second-order valence-corrected chi connectivity index (χ2v) is 3.92. The highest BCUT2D eigenvalue weighted by Gasteiger charge is 2.14. The zero-order valence-corrected chi connectivity index (χ0v) is 9.83. The Morgan fingerprint density at radius 1 is 1.31 bits per heavy atom. The van der Waals surface area contributed by atoms with E-state index in [4.69, 9.17) is 11.6 Å². The molecule has 0 aliphatic carbocycles. The summed E-state index contributed by atoms with van der Waals surface area (Å²) < 4.78 is 0. The molecule has 1 aromatic carbocycles. The number of halogens is 1. The van der Waals surface area contributed by atoms with Crippen LogP contribution in [0.25, 0.3) is 0 Å². The van der Waals surface area contributed by atoms with Crippen molar-refractivity contribution in [2.75, 3.05) is 6.54 Å². The van der Waals surface area contributed by atoms with Crippen LogP contribution in [-0.2, 0) is 4.79 Å². The Morgan fingerprint density at radius 2 is 1.94 bits per heavy atom. The third-order valence-corrected chi connectivity index (χ3v) is 2.72. The number of rotatable bonds is 5. The predicted molar refractivity (Wildman–Crippen MR) is 63.7 cm³/mol. The molecule has 1 atom stereocenters. The van der Waals surface area contributed by atoms with Crippen LogP contribution in [0.4, 0.5) is 0 Å². The number of Topliss-reactive ketones (excluding diaryl/α,β-unsaturated/α-hetero) is 1. The molecule has 16 heavy (non-hydrogen) atoms. The number of hydrogen-bond donors (Lipinski definition) is 1. The molecule has 86 valence electrons. The van der Waals surface area contributed by atoms with E-state index in [-0.39, 0.29) is 18.2 Å². The Kier molecular flexibility index (Phi) is 4.99. The van der Waals surface area contributed by atoms with E-state index >= 15 is 0 Å². The van der Waals surface area contributed by atoms with Crippen molar-refractivity contribution >= 4 is 23.3 Å². The first-order chi connectivity index (χ1) is 7.65. The van der Waals surface area contributed by atoms with Crippen molar-refractivity contribution in [1.29, 1.82) is 0 Å². The van der Waals surface area contributed by atoms with Crippen LogP contribution in [0.15, 0.2) is 30.3 Å². The van der Waals surface area contributed by atoms with Crippen LogP contribution in [0.1, 0.15) is 23.7 Å². The fourth-order valence-electron chi connectivity index (χ4n) is 1.20. The molecule has 1 amide bonds. The molecule has 0 fully saturated rings. The predicted octanol–water partition coefficient (Wildman–Crippen LogP) is 2.00. The smallest absolute Gasteiger partial charge is 0.251 e. The van der Waals surface area contributed by atoms with Crippen molar-refractivity contribution in [1.82, 2.24) is 5.32 Å². The maximum absolute atomic E-state index is 11.6. The van der Waals surface area contributed by atoms with Crippen molar-refractivity contribution in [2.24, 2.45) is 0 Å². The van der Waals surface area contributed by atoms with Crippen molar-refractivity contribution in [3.8, 4) is 0 Å². The Morgan fingerprint density at radius 3 is 2.50 bits per heavy atom. The summed E-state index contributed by atoms with van der Waals surface area (Å²) in [7, 11) is 0. The Bertz CT molecular complexity index is 365. The molecule has 0 saturated heterocycles. The highest BCUT2D eigenvalue weighted by Crippen LogP contribution is 2.02. The molecule has 1 N–H and O–H groups in total.